The van der Waals surface area contributed by atoms with E-state index in [1.807, 2.05) is 13.8 Å². The monoisotopic (exact) mass is 386 g/mol. The van der Waals surface area contributed by atoms with Crippen LogP contribution >= 0.6 is 0 Å². The standard InChI is InChI=1S/C21H30N4O3/c1-7-25(8-2)19(26)14-28-16-11-9-10-15(12-16)22-20(27)17-13-18(21(3,4)5)23-24(17)6/h9-13H,7-8,14H2,1-6H3,(H,22,27). The van der Waals surface area contributed by atoms with Crippen LogP contribution < -0.4 is 10.1 Å². The predicted molar refractivity (Wildman–Crippen MR) is 110 cm³/mol. The molecule has 0 saturated heterocycles. The van der Waals surface area contributed by atoms with E-state index in [0.717, 1.165) is 5.69 Å². The fourth-order valence-corrected chi connectivity index (χ4v) is 2.72. The van der Waals surface area contributed by atoms with Crippen molar-refractivity contribution in [1.29, 1.82) is 0 Å². The van der Waals surface area contributed by atoms with E-state index in [0.29, 0.717) is 30.2 Å². The van der Waals surface area contributed by atoms with Gasteiger partial charge in [0.25, 0.3) is 11.8 Å². The second-order valence-electron chi connectivity index (χ2n) is 7.63. The van der Waals surface area contributed by atoms with Crippen LogP contribution in [0.5, 0.6) is 5.75 Å². The van der Waals surface area contributed by atoms with Crippen LogP contribution in [0.15, 0.2) is 30.3 Å². The van der Waals surface area contributed by atoms with E-state index < -0.39 is 0 Å². The van der Waals surface area contributed by atoms with Crippen LogP contribution in [0.4, 0.5) is 5.69 Å². The van der Waals surface area contributed by atoms with Gasteiger partial charge in [-0.1, -0.05) is 26.8 Å². The number of likely N-dealkylation sites (N-methyl/N-ethyl adjacent to an activating group) is 1. The number of aryl methyl sites for hydroxylation is 1. The van der Waals surface area contributed by atoms with Crippen LogP contribution in [0.25, 0.3) is 0 Å². The molecule has 0 bridgehead atoms. The van der Waals surface area contributed by atoms with Crippen molar-refractivity contribution in [3.05, 3.63) is 41.7 Å². The number of anilines is 1. The Balaban J connectivity index is 2.05. The quantitative estimate of drug-likeness (QED) is 0.793. The lowest BCUT2D eigenvalue weighted by Crippen LogP contribution is -2.34. The summed E-state index contributed by atoms with van der Waals surface area (Å²) >= 11 is 0. The summed E-state index contributed by atoms with van der Waals surface area (Å²) in [5.74, 6) is 0.213. The number of carbonyl (C=O) groups excluding carboxylic acids is 2. The molecule has 152 valence electrons. The van der Waals surface area contributed by atoms with Gasteiger partial charge in [0.15, 0.2) is 6.61 Å². The number of carbonyl (C=O) groups is 2. The van der Waals surface area contributed by atoms with Crippen LogP contribution in [0.1, 0.15) is 50.8 Å². The summed E-state index contributed by atoms with van der Waals surface area (Å²) in [5.41, 5.74) is 1.79. The molecule has 7 nitrogen and oxygen atoms in total. The summed E-state index contributed by atoms with van der Waals surface area (Å²) in [5, 5.41) is 7.29. The van der Waals surface area contributed by atoms with Gasteiger partial charge in [0.05, 0.1) is 5.69 Å². The molecular formula is C21H30N4O3. The largest absolute Gasteiger partial charge is 0.484 e. The van der Waals surface area contributed by atoms with Gasteiger partial charge < -0.3 is 15.0 Å². The molecule has 28 heavy (non-hydrogen) atoms. The number of nitrogens with one attached hydrogen (secondary N) is 1. The van der Waals surface area contributed by atoms with E-state index in [-0.39, 0.29) is 23.8 Å². The highest BCUT2D eigenvalue weighted by Crippen LogP contribution is 2.22. The minimum absolute atomic E-state index is 0.0320. The molecule has 2 amide bonds. The molecule has 0 radical (unpaired) electrons. The molecule has 1 N–H and O–H groups in total. The van der Waals surface area contributed by atoms with Crippen LogP contribution in [-0.2, 0) is 17.3 Å². The number of nitrogens with zero attached hydrogens (tertiary/aromatic N) is 3. The number of amides is 2. The SMILES string of the molecule is CCN(CC)C(=O)COc1cccc(NC(=O)c2cc(C(C)(C)C)nn2C)c1. The lowest BCUT2D eigenvalue weighted by molar-refractivity contribution is -0.132. The summed E-state index contributed by atoms with van der Waals surface area (Å²) in [6, 6.07) is 8.81. The molecule has 1 aromatic carbocycles. The Morgan fingerprint density at radius 3 is 2.43 bits per heavy atom. The van der Waals surface area contributed by atoms with Crippen molar-refractivity contribution in [2.45, 2.75) is 40.0 Å². The highest BCUT2D eigenvalue weighted by atomic mass is 16.5. The van der Waals surface area contributed by atoms with E-state index >= 15 is 0 Å². The predicted octanol–water partition coefficient (Wildman–Crippen LogP) is 3.22. The molecule has 0 spiro atoms. The van der Waals surface area contributed by atoms with Gasteiger partial charge in [-0.2, -0.15) is 5.10 Å². The number of ether oxygens (including phenoxy) is 1. The molecule has 0 saturated carbocycles. The molecular weight excluding hydrogens is 356 g/mol. The van der Waals surface area contributed by atoms with Crippen LogP contribution in [0.3, 0.4) is 0 Å². The average molecular weight is 386 g/mol. The topological polar surface area (TPSA) is 76.5 Å². The Bertz CT molecular complexity index is 832. The molecule has 0 fully saturated rings. The summed E-state index contributed by atoms with van der Waals surface area (Å²) < 4.78 is 7.18. The van der Waals surface area contributed by atoms with Gasteiger partial charge >= 0.3 is 0 Å². The second-order valence-corrected chi connectivity index (χ2v) is 7.63. The molecule has 2 rings (SSSR count). The van der Waals surface area contributed by atoms with E-state index in [9.17, 15) is 9.59 Å². The van der Waals surface area contributed by atoms with Crippen LogP contribution in [0, 0.1) is 0 Å². The van der Waals surface area contributed by atoms with Crippen molar-refractivity contribution in [1.82, 2.24) is 14.7 Å². The lowest BCUT2D eigenvalue weighted by Gasteiger charge is -2.18. The van der Waals surface area contributed by atoms with Crippen LogP contribution in [-0.4, -0.2) is 46.2 Å². The second kappa shape index (κ2) is 8.91. The number of hydrogen-bond acceptors (Lipinski definition) is 4. The van der Waals surface area contributed by atoms with Gasteiger partial charge in [0.1, 0.15) is 11.4 Å². The van der Waals surface area contributed by atoms with E-state index in [1.54, 1.807) is 47.0 Å². The smallest absolute Gasteiger partial charge is 0.273 e. The summed E-state index contributed by atoms with van der Waals surface area (Å²) in [4.78, 5) is 26.4. The van der Waals surface area contributed by atoms with Crippen LogP contribution in [0.2, 0.25) is 0 Å². The molecule has 2 aromatic rings. The Hall–Kier alpha value is -2.83. The first-order valence-electron chi connectivity index (χ1n) is 9.52. The normalized spacial score (nSPS) is 11.2. The van der Waals surface area contributed by atoms with Crippen molar-refractivity contribution in [2.75, 3.05) is 25.0 Å². The van der Waals surface area contributed by atoms with Crippen molar-refractivity contribution in [3.63, 3.8) is 0 Å². The molecule has 0 aliphatic carbocycles. The van der Waals surface area contributed by atoms with Crippen molar-refractivity contribution in [3.8, 4) is 5.75 Å². The van der Waals surface area contributed by atoms with E-state index in [2.05, 4.69) is 31.2 Å². The summed E-state index contributed by atoms with van der Waals surface area (Å²) in [6.45, 7) is 11.3. The average Bonchev–Trinajstić information content (AvgIpc) is 3.03. The Morgan fingerprint density at radius 1 is 1.18 bits per heavy atom. The lowest BCUT2D eigenvalue weighted by atomic mass is 9.92. The maximum atomic E-state index is 12.6. The Labute approximate surface area is 166 Å². The minimum atomic E-state index is -0.248. The molecule has 7 heteroatoms. The first kappa shape index (κ1) is 21.5. The molecule has 1 aromatic heterocycles. The van der Waals surface area contributed by atoms with E-state index in [1.165, 1.54) is 0 Å². The van der Waals surface area contributed by atoms with Gasteiger partial charge in [0, 0.05) is 37.3 Å². The zero-order chi connectivity index (χ0) is 20.9. The maximum Gasteiger partial charge on any atom is 0.273 e. The molecule has 0 aliphatic rings. The first-order valence-corrected chi connectivity index (χ1v) is 9.52. The van der Waals surface area contributed by atoms with Crippen molar-refractivity contribution < 1.29 is 14.3 Å². The number of rotatable bonds is 7. The zero-order valence-corrected chi connectivity index (χ0v) is 17.6. The zero-order valence-electron chi connectivity index (χ0n) is 17.6. The number of hydrogen-bond donors (Lipinski definition) is 1. The third-order valence-electron chi connectivity index (χ3n) is 4.45. The highest BCUT2D eigenvalue weighted by molar-refractivity contribution is 6.03. The minimum Gasteiger partial charge on any atom is -0.484 e. The fraction of sp³-hybridized carbons (Fsp3) is 0.476. The van der Waals surface area contributed by atoms with Gasteiger partial charge in [-0.3, -0.25) is 14.3 Å². The third kappa shape index (κ3) is 5.34. The van der Waals surface area contributed by atoms with E-state index in [4.69, 9.17) is 4.74 Å². The molecule has 0 unspecified atom stereocenters. The highest BCUT2D eigenvalue weighted by Gasteiger charge is 2.21. The molecule has 1 heterocycles. The van der Waals surface area contributed by atoms with Gasteiger partial charge in [-0.05, 0) is 32.0 Å². The summed E-state index contributed by atoms with van der Waals surface area (Å²) in [7, 11) is 1.75. The summed E-state index contributed by atoms with van der Waals surface area (Å²) in [6.07, 6.45) is 0. The van der Waals surface area contributed by atoms with Gasteiger partial charge in [-0.15, -0.1) is 0 Å². The molecule has 0 atom stereocenters. The van der Waals surface area contributed by atoms with Crippen molar-refractivity contribution >= 4 is 17.5 Å². The maximum absolute atomic E-state index is 12.6. The van der Waals surface area contributed by atoms with Gasteiger partial charge in [0.2, 0.25) is 0 Å². The number of aromatic nitrogens is 2. The molecule has 0 aliphatic heterocycles. The first-order chi connectivity index (χ1) is 13.2. The van der Waals surface area contributed by atoms with Gasteiger partial charge in [-0.25, -0.2) is 0 Å². The number of benzene rings is 1. The Morgan fingerprint density at radius 2 is 1.86 bits per heavy atom. The fourth-order valence-electron chi connectivity index (χ4n) is 2.72. The Kier molecular flexibility index (Phi) is 6.83. The third-order valence-corrected chi connectivity index (χ3v) is 4.45. The van der Waals surface area contributed by atoms with Crippen molar-refractivity contribution in [2.24, 2.45) is 7.05 Å².